The Kier molecular flexibility index (Phi) is 14.8. The van der Waals surface area contributed by atoms with E-state index in [2.05, 4.69) is 52.0 Å². The molecule has 0 saturated heterocycles. The zero-order valence-corrected chi connectivity index (χ0v) is 29.9. The van der Waals surface area contributed by atoms with E-state index in [9.17, 15) is 10.2 Å². The van der Waals surface area contributed by atoms with Gasteiger partial charge in [0.2, 0.25) is 0 Å². The van der Waals surface area contributed by atoms with Crippen LogP contribution < -0.4 is 11.5 Å². The van der Waals surface area contributed by atoms with Gasteiger partial charge in [-0.05, 0) is 124 Å². The molecule has 1 aliphatic carbocycles. The molecule has 0 heterocycles. The van der Waals surface area contributed by atoms with Crippen molar-refractivity contribution >= 4 is 12.4 Å². The van der Waals surface area contributed by atoms with Crippen molar-refractivity contribution in [1.82, 2.24) is 0 Å². The van der Waals surface area contributed by atoms with Crippen LogP contribution >= 0.6 is 0 Å². The van der Waals surface area contributed by atoms with Gasteiger partial charge in [-0.15, -0.1) is 0 Å². The molecule has 46 heavy (non-hydrogen) atoms. The molecule has 256 valence electrons. The minimum Gasteiger partial charge on any atom is -0.507 e. The molecule has 0 unspecified atom stereocenters. The topological polar surface area (TPSA) is 117 Å². The van der Waals surface area contributed by atoms with Gasteiger partial charge in [-0.3, -0.25) is 9.98 Å². The molecule has 0 radical (unpaired) electrons. The van der Waals surface area contributed by atoms with E-state index in [0.29, 0.717) is 18.8 Å². The molecule has 0 spiro atoms. The molecule has 0 bridgehead atoms. The van der Waals surface area contributed by atoms with Gasteiger partial charge in [0, 0.05) is 23.6 Å². The number of aromatic hydroxyl groups is 2. The number of rotatable bonds is 18. The maximum absolute atomic E-state index is 11.1. The summed E-state index contributed by atoms with van der Waals surface area (Å²) in [6.07, 6.45) is 18.8. The Morgan fingerprint density at radius 2 is 1.04 bits per heavy atom. The summed E-state index contributed by atoms with van der Waals surface area (Å²) < 4.78 is 0. The summed E-state index contributed by atoms with van der Waals surface area (Å²) in [7, 11) is 0. The number of phenolic OH excluding ortho intramolecular Hbond substituents is 2. The first-order valence-electron chi connectivity index (χ1n) is 18.2. The zero-order chi connectivity index (χ0) is 33.7. The number of unbranched alkanes of at least 4 members (excludes halogenated alkanes) is 2. The van der Waals surface area contributed by atoms with Crippen molar-refractivity contribution in [2.45, 2.75) is 154 Å². The maximum Gasteiger partial charge on any atom is 0.127 e. The Hall–Kier alpha value is -2.70. The minimum atomic E-state index is -0.0602. The third-order valence-corrected chi connectivity index (χ3v) is 10.6. The Morgan fingerprint density at radius 1 is 0.674 bits per heavy atom. The summed E-state index contributed by atoms with van der Waals surface area (Å²) in [5.74, 6) is 0.607. The van der Waals surface area contributed by atoms with Crippen LogP contribution in [0.4, 0.5) is 0 Å². The molecule has 0 aromatic heterocycles. The number of nitrogens with zero attached hydrogens (tertiary/aromatic N) is 2. The summed E-state index contributed by atoms with van der Waals surface area (Å²) in [6.45, 7) is 14.5. The lowest BCUT2D eigenvalue weighted by Gasteiger charge is -2.31. The van der Waals surface area contributed by atoms with Crippen LogP contribution in [0.2, 0.25) is 0 Å². The Labute approximate surface area is 280 Å². The Morgan fingerprint density at radius 3 is 1.39 bits per heavy atom. The third kappa shape index (κ3) is 9.90. The fourth-order valence-corrected chi connectivity index (χ4v) is 7.24. The van der Waals surface area contributed by atoms with Gasteiger partial charge in [0.1, 0.15) is 11.5 Å². The quantitative estimate of drug-likeness (QED) is 0.123. The minimum absolute atomic E-state index is 0.0278. The van der Waals surface area contributed by atoms with Crippen molar-refractivity contribution in [1.29, 1.82) is 0 Å². The molecule has 6 N–H and O–H groups in total. The third-order valence-electron chi connectivity index (χ3n) is 10.6. The summed E-state index contributed by atoms with van der Waals surface area (Å²) in [5, 5.41) is 22.1. The van der Waals surface area contributed by atoms with E-state index >= 15 is 0 Å². The predicted molar refractivity (Wildman–Crippen MR) is 197 cm³/mol. The van der Waals surface area contributed by atoms with Gasteiger partial charge in [0.05, 0.1) is 12.1 Å². The van der Waals surface area contributed by atoms with Gasteiger partial charge in [0.15, 0.2) is 0 Å². The summed E-state index contributed by atoms with van der Waals surface area (Å²) in [6, 6.07) is 8.65. The largest absolute Gasteiger partial charge is 0.507 e. The van der Waals surface area contributed by atoms with Gasteiger partial charge in [-0.25, -0.2) is 0 Å². The highest BCUT2D eigenvalue weighted by Gasteiger charge is 2.29. The van der Waals surface area contributed by atoms with E-state index < -0.39 is 0 Å². The second-order valence-corrected chi connectivity index (χ2v) is 14.6. The molecule has 0 amide bonds. The molecular weight excluding hydrogens is 568 g/mol. The number of aryl methyl sites for hydroxylation is 2. The van der Waals surface area contributed by atoms with Crippen LogP contribution in [0, 0.1) is 13.8 Å². The highest BCUT2D eigenvalue weighted by Crippen LogP contribution is 2.39. The molecule has 1 fully saturated rings. The number of aliphatic imine (C=N–C) groups is 2. The van der Waals surface area contributed by atoms with Crippen molar-refractivity contribution in [3.05, 3.63) is 57.6 Å². The van der Waals surface area contributed by atoms with Crippen molar-refractivity contribution in [2.24, 2.45) is 21.5 Å². The number of hydrogen-bond donors (Lipinski definition) is 4. The smallest absolute Gasteiger partial charge is 0.127 e. The van der Waals surface area contributed by atoms with Crippen molar-refractivity contribution in [3.63, 3.8) is 0 Å². The lowest BCUT2D eigenvalue weighted by atomic mass is 9.73. The average molecular weight is 633 g/mol. The lowest BCUT2D eigenvalue weighted by Crippen LogP contribution is -2.27. The highest BCUT2D eigenvalue weighted by atomic mass is 16.3. The predicted octanol–water partition coefficient (Wildman–Crippen LogP) is 8.94. The fraction of sp³-hybridized carbons (Fsp3) is 0.650. The summed E-state index contributed by atoms with van der Waals surface area (Å²) in [4.78, 5) is 10.1. The van der Waals surface area contributed by atoms with E-state index in [4.69, 9.17) is 21.5 Å². The molecule has 6 heteroatoms. The molecule has 2 atom stereocenters. The second kappa shape index (κ2) is 18.0. The molecular formula is C40H64N4O2. The van der Waals surface area contributed by atoms with Crippen LogP contribution in [-0.2, 0) is 10.8 Å². The molecule has 1 aliphatic rings. The summed E-state index contributed by atoms with van der Waals surface area (Å²) >= 11 is 0. The average Bonchev–Trinajstić information content (AvgIpc) is 3.05. The van der Waals surface area contributed by atoms with Crippen LogP contribution in [0.3, 0.4) is 0 Å². The molecule has 1 saturated carbocycles. The standard InChI is InChI=1S/C40H64N4O2/c1-7-9-17-39(5,18-10-8-2)33-23-29(3)37(45)31(25-33)27-43-35-15-11-12-16-36(35)44-28-32-26-34(24-30(4)38(32)46)40(6,19-13-21-41)20-14-22-42/h23-28,35-36,45-46H,7-22,41-42H2,1-6H3/b43-27+,44-28+/t35-,36-/m0/s1. The molecule has 0 aliphatic heterocycles. The summed E-state index contributed by atoms with van der Waals surface area (Å²) in [5.41, 5.74) is 17.7. The van der Waals surface area contributed by atoms with E-state index in [0.717, 1.165) is 86.5 Å². The molecule has 6 nitrogen and oxygen atoms in total. The van der Waals surface area contributed by atoms with Crippen LogP contribution in [0.1, 0.15) is 151 Å². The van der Waals surface area contributed by atoms with E-state index in [-0.39, 0.29) is 28.7 Å². The van der Waals surface area contributed by atoms with Gasteiger partial charge in [-0.2, -0.15) is 0 Å². The van der Waals surface area contributed by atoms with Gasteiger partial charge < -0.3 is 21.7 Å². The SMILES string of the molecule is CCCCC(C)(CCCC)c1cc(C)c(O)c(/C=N/[C@H]2CCCC[C@@H]2/N=C/c2cc(C(C)(CCCN)CCCN)cc(C)c2O)c1. The Bertz CT molecular complexity index is 1190. The van der Waals surface area contributed by atoms with Crippen LogP contribution in [0.5, 0.6) is 11.5 Å². The first-order chi connectivity index (χ1) is 22.0. The van der Waals surface area contributed by atoms with Gasteiger partial charge in [0.25, 0.3) is 0 Å². The lowest BCUT2D eigenvalue weighted by molar-refractivity contribution is 0.373. The fourth-order valence-electron chi connectivity index (χ4n) is 7.24. The number of phenols is 2. The van der Waals surface area contributed by atoms with E-state index in [1.807, 2.05) is 26.3 Å². The van der Waals surface area contributed by atoms with Crippen LogP contribution in [-0.4, -0.2) is 47.8 Å². The van der Waals surface area contributed by atoms with Crippen LogP contribution in [0.15, 0.2) is 34.3 Å². The number of nitrogens with two attached hydrogens (primary N) is 2. The zero-order valence-electron chi connectivity index (χ0n) is 29.9. The number of hydrogen-bond acceptors (Lipinski definition) is 6. The van der Waals surface area contributed by atoms with E-state index in [1.54, 1.807) is 0 Å². The first kappa shape index (κ1) is 37.8. The number of benzene rings is 2. The first-order valence-corrected chi connectivity index (χ1v) is 18.2. The molecule has 2 aromatic carbocycles. The highest BCUT2D eigenvalue weighted by molar-refractivity contribution is 5.86. The van der Waals surface area contributed by atoms with Gasteiger partial charge >= 0.3 is 0 Å². The maximum atomic E-state index is 11.1. The van der Waals surface area contributed by atoms with Crippen molar-refractivity contribution in [3.8, 4) is 11.5 Å². The monoisotopic (exact) mass is 633 g/mol. The second-order valence-electron chi connectivity index (χ2n) is 14.6. The molecule has 3 rings (SSSR count). The van der Waals surface area contributed by atoms with Crippen molar-refractivity contribution in [2.75, 3.05) is 13.1 Å². The molecule has 2 aromatic rings. The Balaban J connectivity index is 1.91. The van der Waals surface area contributed by atoms with Crippen molar-refractivity contribution < 1.29 is 10.2 Å². The van der Waals surface area contributed by atoms with E-state index in [1.165, 1.54) is 36.8 Å². The normalized spacial score (nSPS) is 17.8. The van der Waals surface area contributed by atoms with Gasteiger partial charge in [-0.1, -0.05) is 78.4 Å². The van der Waals surface area contributed by atoms with Crippen LogP contribution in [0.25, 0.3) is 0 Å².